The summed E-state index contributed by atoms with van der Waals surface area (Å²) in [5.74, 6) is 0.586. The van der Waals surface area contributed by atoms with Crippen molar-refractivity contribution in [1.82, 2.24) is 4.90 Å². The molecule has 122 valence electrons. The molecular weight excluding hydrogens is 300 g/mol. The van der Waals surface area contributed by atoms with Gasteiger partial charge < -0.3 is 15.4 Å². The van der Waals surface area contributed by atoms with Gasteiger partial charge in [0.2, 0.25) is 0 Å². The van der Waals surface area contributed by atoms with E-state index in [2.05, 4.69) is 36.4 Å². The van der Waals surface area contributed by atoms with Gasteiger partial charge in [-0.25, -0.2) is 4.79 Å². The maximum absolute atomic E-state index is 12.4. The third-order valence-corrected chi connectivity index (χ3v) is 5.80. The number of hydrogen-bond acceptors (Lipinski definition) is 3. The highest BCUT2D eigenvalue weighted by atomic mass is 16.6. The van der Waals surface area contributed by atoms with E-state index in [-0.39, 0.29) is 17.6 Å². The van der Waals surface area contributed by atoms with E-state index in [9.17, 15) is 4.79 Å². The first-order valence-corrected chi connectivity index (χ1v) is 8.54. The van der Waals surface area contributed by atoms with Crippen LogP contribution in [-0.4, -0.2) is 36.2 Å². The summed E-state index contributed by atoms with van der Waals surface area (Å²) in [5, 5.41) is 0. The zero-order valence-electron chi connectivity index (χ0n) is 13.4. The van der Waals surface area contributed by atoms with Gasteiger partial charge in [-0.05, 0) is 34.6 Å². The van der Waals surface area contributed by atoms with Crippen molar-refractivity contribution in [2.45, 2.75) is 17.9 Å². The van der Waals surface area contributed by atoms with Crippen LogP contribution in [0.25, 0.3) is 11.1 Å². The molecule has 0 aromatic heterocycles. The normalized spacial score (nSPS) is 26.7. The molecule has 2 atom stereocenters. The molecule has 1 amide bonds. The Balaban J connectivity index is 1.35. The molecule has 2 aromatic rings. The minimum Gasteiger partial charge on any atom is -0.448 e. The molecule has 2 aromatic carbocycles. The van der Waals surface area contributed by atoms with Gasteiger partial charge in [0, 0.05) is 24.5 Å². The average Bonchev–Trinajstić information content (AvgIpc) is 2.97. The zero-order chi connectivity index (χ0) is 16.3. The zero-order valence-corrected chi connectivity index (χ0v) is 13.4. The van der Waals surface area contributed by atoms with Crippen LogP contribution in [0.1, 0.15) is 23.5 Å². The Bertz CT molecular complexity index is 788. The summed E-state index contributed by atoms with van der Waals surface area (Å²) in [5.41, 5.74) is 11.0. The minimum absolute atomic E-state index is 0.116. The fraction of sp³-hybridized carbons (Fsp3) is 0.350. The van der Waals surface area contributed by atoms with Crippen LogP contribution in [0.4, 0.5) is 4.79 Å². The van der Waals surface area contributed by atoms with E-state index in [1.807, 2.05) is 12.1 Å². The number of likely N-dealkylation sites (tertiary alicyclic amines) is 1. The number of nitrogens with two attached hydrogens (primary N) is 1. The molecule has 0 radical (unpaired) electrons. The third kappa shape index (κ3) is 1.99. The van der Waals surface area contributed by atoms with Crippen molar-refractivity contribution >= 4 is 6.09 Å². The number of carbonyl (C=O) groups excluding carboxylic acids is 1. The number of rotatable bonds is 2. The second kappa shape index (κ2) is 4.84. The lowest BCUT2D eigenvalue weighted by Gasteiger charge is -2.21. The van der Waals surface area contributed by atoms with Crippen LogP contribution in [0.15, 0.2) is 48.5 Å². The Labute approximate surface area is 141 Å². The molecule has 4 nitrogen and oxygen atoms in total. The van der Waals surface area contributed by atoms with Crippen LogP contribution in [-0.2, 0) is 4.74 Å². The largest absolute Gasteiger partial charge is 0.448 e. The van der Waals surface area contributed by atoms with Crippen LogP contribution < -0.4 is 5.73 Å². The first-order chi connectivity index (χ1) is 11.7. The van der Waals surface area contributed by atoms with E-state index >= 15 is 0 Å². The van der Waals surface area contributed by atoms with E-state index in [4.69, 9.17) is 10.5 Å². The highest BCUT2D eigenvalue weighted by molar-refractivity contribution is 5.79. The number of fused-ring (bicyclic) bond motifs is 4. The van der Waals surface area contributed by atoms with E-state index in [1.54, 1.807) is 4.90 Å². The van der Waals surface area contributed by atoms with Crippen molar-refractivity contribution < 1.29 is 9.53 Å². The summed E-state index contributed by atoms with van der Waals surface area (Å²) in [4.78, 5) is 14.1. The molecule has 1 saturated heterocycles. The van der Waals surface area contributed by atoms with Gasteiger partial charge >= 0.3 is 6.09 Å². The van der Waals surface area contributed by atoms with Gasteiger partial charge in [0.25, 0.3) is 0 Å². The Morgan fingerprint density at radius 3 is 2.33 bits per heavy atom. The van der Waals surface area contributed by atoms with Gasteiger partial charge in [0.15, 0.2) is 0 Å². The molecule has 24 heavy (non-hydrogen) atoms. The molecule has 2 fully saturated rings. The number of nitrogens with zero attached hydrogens (tertiary/aromatic N) is 1. The van der Waals surface area contributed by atoms with Crippen LogP contribution in [0.2, 0.25) is 0 Å². The predicted molar refractivity (Wildman–Crippen MR) is 91.7 cm³/mol. The van der Waals surface area contributed by atoms with Gasteiger partial charge in [-0.15, -0.1) is 0 Å². The molecule has 2 unspecified atom stereocenters. The predicted octanol–water partition coefficient (Wildman–Crippen LogP) is 2.97. The number of hydrogen-bond donors (Lipinski definition) is 1. The lowest BCUT2D eigenvalue weighted by Crippen LogP contribution is -2.37. The topological polar surface area (TPSA) is 55.6 Å². The van der Waals surface area contributed by atoms with Gasteiger partial charge in [0.05, 0.1) is 0 Å². The molecule has 0 bridgehead atoms. The van der Waals surface area contributed by atoms with E-state index in [0.29, 0.717) is 19.1 Å². The van der Waals surface area contributed by atoms with Crippen LogP contribution in [0.5, 0.6) is 0 Å². The smallest absolute Gasteiger partial charge is 0.409 e. The Kier molecular flexibility index (Phi) is 2.83. The molecule has 2 aliphatic carbocycles. The van der Waals surface area contributed by atoms with Gasteiger partial charge in [-0.3, -0.25) is 0 Å². The Morgan fingerprint density at radius 2 is 1.75 bits per heavy atom. The highest BCUT2D eigenvalue weighted by Crippen LogP contribution is 2.48. The molecule has 1 saturated carbocycles. The summed E-state index contributed by atoms with van der Waals surface area (Å²) >= 11 is 0. The molecule has 1 aliphatic heterocycles. The first-order valence-electron chi connectivity index (χ1n) is 8.54. The van der Waals surface area contributed by atoms with Crippen molar-refractivity contribution in [3.63, 3.8) is 0 Å². The first kappa shape index (κ1) is 14.1. The maximum atomic E-state index is 12.4. The van der Waals surface area contributed by atoms with Crippen molar-refractivity contribution in [2.24, 2.45) is 11.7 Å². The fourth-order valence-electron chi connectivity index (χ4n) is 4.35. The van der Waals surface area contributed by atoms with Gasteiger partial charge in [-0.1, -0.05) is 48.5 Å². The molecule has 5 rings (SSSR count). The summed E-state index contributed by atoms with van der Waals surface area (Å²) in [6.07, 6.45) is 0.814. The SMILES string of the molecule is NC12CC1CN(C(=O)OCC1c3ccccc3-c3ccccc31)C2. The number of ether oxygens (including phenoxy) is 1. The van der Waals surface area contributed by atoms with Crippen molar-refractivity contribution in [3.05, 3.63) is 59.7 Å². The van der Waals surface area contributed by atoms with Crippen LogP contribution in [0, 0.1) is 5.92 Å². The van der Waals surface area contributed by atoms with Gasteiger partial charge in [-0.2, -0.15) is 0 Å². The molecule has 0 spiro atoms. The maximum Gasteiger partial charge on any atom is 0.409 e. The number of piperidine rings is 1. The van der Waals surface area contributed by atoms with Gasteiger partial charge in [0.1, 0.15) is 6.61 Å². The molecule has 4 heteroatoms. The second-order valence-electron chi connectivity index (χ2n) is 7.32. The molecule has 3 aliphatic rings. The van der Waals surface area contributed by atoms with E-state index in [1.165, 1.54) is 22.3 Å². The van der Waals surface area contributed by atoms with Crippen molar-refractivity contribution in [3.8, 4) is 11.1 Å². The summed E-state index contributed by atoms with van der Waals surface area (Å²) in [6.45, 7) is 1.76. The van der Waals surface area contributed by atoms with E-state index in [0.717, 1.165) is 13.0 Å². The summed E-state index contributed by atoms with van der Waals surface area (Å²) in [7, 11) is 0. The summed E-state index contributed by atoms with van der Waals surface area (Å²) < 4.78 is 5.67. The lowest BCUT2D eigenvalue weighted by atomic mass is 9.98. The summed E-state index contributed by atoms with van der Waals surface area (Å²) in [6, 6.07) is 16.8. The monoisotopic (exact) mass is 320 g/mol. The van der Waals surface area contributed by atoms with Crippen LogP contribution >= 0.6 is 0 Å². The molecule has 2 N–H and O–H groups in total. The number of benzene rings is 2. The van der Waals surface area contributed by atoms with Crippen LogP contribution in [0.3, 0.4) is 0 Å². The quantitative estimate of drug-likeness (QED) is 0.925. The van der Waals surface area contributed by atoms with Crippen molar-refractivity contribution in [1.29, 1.82) is 0 Å². The standard InChI is InChI=1S/C20H20N2O2/c21-20-9-13(20)10-22(12-20)19(23)24-11-18-16-7-3-1-5-14(16)15-6-2-4-8-17(15)18/h1-8,13,18H,9-12,21H2. The van der Waals surface area contributed by atoms with E-state index < -0.39 is 0 Å². The Morgan fingerprint density at radius 1 is 1.12 bits per heavy atom. The van der Waals surface area contributed by atoms with Crippen molar-refractivity contribution in [2.75, 3.05) is 19.7 Å². The lowest BCUT2D eigenvalue weighted by molar-refractivity contribution is 0.103. The average molecular weight is 320 g/mol. The third-order valence-electron chi connectivity index (χ3n) is 5.80. The number of amides is 1. The second-order valence-corrected chi connectivity index (χ2v) is 7.32. The number of carbonyl (C=O) groups is 1. The molecule has 1 heterocycles. The highest BCUT2D eigenvalue weighted by Gasteiger charge is 2.58. The minimum atomic E-state index is -0.228. The Hall–Kier alpha value is -2.33. The molecular formula is C20H20N2O2. The fourth-order valence-corrected chi connectivity index (χ4v) is 4.35.